The largest absolute Gasteiger partial charge is 0.351 e. The highest BCUT2D eigenvalue weighted by molar-refractivity contribution is 7.12. The molecule has 1 saturated heterocycles. The Labute approximate surface area is 153 Å². The Kier molecular flexibility index (Phi) is 7.43. The summed E-state index contributed by atoms with van der Waals surface area (Å²) in [5.41, 5.74) is 0. The highest BCUT2D eigenvalue weighted by Crippen LogP contribution is 2.10. The Morgan fingerprint density at radius 1 is 1.12 bits per heavy atom. The van der Waals surface area contributed by atoms with Gasteiger partial charge in [-0.2, -0.15) is 0 Å². The van der Waals surface area contributed by atoms with E-state index >= 15 is 0 Å². The van der Waals surface area contributed by atoms with Crippen LogP contribution in [0.2, 0.25) is 0 Å². The number of carbonyl (C=O) groups is 3. The molecule has 6 nitrogen and oxygen atoms in total. The first-order chi connectivity index (χ1) is 12.0. The van der Waals surface area contributed by atoms with Crippen LogP contribution in [0, 0.1) is 5.92 Å². The van der Waals surface area contributed by atoms with Crippen molar-refractivity contribution in [3.63, 3.8) is 0 Å². The van der Waals surface area contributed by atoms with E-state index in [-0.39, 0.29) is 17.7 Å². The van der Waals surface area contributed by atoms with E-state index in [0.717, 1.165) is 0 Å². The number of nitrogens with one attached hydrogen (secondary N) is 1. The van der Waals surface area contributed by atoms with Crippen molar-refractivity contribution in [2.24, 2.45) is 5.92 Å². The Morgan fingerprint density at radius 3 is 2.32 bits per heavy atom. The van der Waals surface area contributed by atoms with Gasteiger partial charge in [-0.15, -0.1) is 11.3 Å². The zero-order valence-electron chi connectivity index (χ0n) is 15.0. The lowest BCUT2D eigenvalue weighted by Crippen LogP contribution is -2.50. The second-order valence-electron chi connectivity index (χ2n) is 6.70. The van der Waals surface area contributed by atoms with Crippen LogP contribution in [-0.4, -0.2) is 60.2 Å². The molecule has 3 amide bonds. The summed E-state index contributed by atoms with van der Waals surface area (Å²) in [5, 5.41) is 4.70. The monoisotopic (exact) mass is 365 g/mol. The van der Waals surface area contributed by atoms with Crippen LogP contribution < -0.4 is 5.32 Å². The van der Waals surface area contributed by atoms with Crippen LogP contribution in [0.15, 0.2) is 17.5 Å². The summed E-state index contributed by atoms with van der Waals surface area (Å²) in [7, 11) is 0. The van der Waals surface area contributed by atoms with Crippen molar-refractivity contribution in [1.29, 1.82) is 0 Å². The van der Waals surface area contributed by atoms with Gasteiger partial charge in [0.1, 0.15) is 0 Å². The molecule has 0 saturated carbocycles. The van der Waals surface area contributed by atoms with Gasteiger partial charge in [0.25, 0.3) is 5.91 Å². The average Bonchev–Trinajstić information content (AvgIpc) is 3.12. The van der Waals surface area contributed by atoms with Crippen LogP contribution in [-0.2, 0) is 9.59 Å². The molecular formula is C18H27N3O3S. The first-order valence-corrected chi connectivity index (χ1v) is 9.72. The van der Waals surface area contributed by atoms with Crippen LogP contribution in [0.5, 0.6) is 0 Å². The number of thiophene rings is 1. The molecule has 0 atom stereocenters. The predicted octanol–water partition coefficient (Wildman–Crippen LogP) is 1.97. The van der Waals surface area contributed by atoms with Gasteiger partial charge in [-0.25, -0.2) is 0 Å². The Hall–Kier alpha value is -1.89. The van der Waals surface area contributed by atoms with E-state index in [1.165, 1.54) is 11.3 Å². The minimum Gasteiger partial charge on any atom is -0.351 e. The average molecular weight is 365 g/mol. The zero-order chi connectivity index (χ0) is 18.2. The normalized spacial score (nSPS) is 14.7. The summed E-state index contributed by atoms with van der Waals surface area (Å²) in [5.74, 6) is 0.552. The fraction of sp³-hybridized carbons (Fsp3) is 0.611. The number of piperazine rings is 1. The molecule has 0 spiro atoms. The SMILES string of the molecule is CC(C)CC(=O)N1CCN(C(=O)CCCNC(=O)c2cccs2)CC1. The number of hydrogen-bond acceptors (Lipinski definition) is 4. The summed E-state index contributed by atoms with van der Waals surface area (Å²) < 4.78 is 0. The molecule has 2 rings (SSSR count). The Morgan fingerprint density at radius 2 is 1.76 bits per heavy atom. The van der Waals surface area contributed by atoms with Gasteiger partial charge in [-0.1, -0.05) is 19.9 Å². The van der Waals surface area contributed by atoms with E-state index in [4.69, 9.17) is 0 Å². The molecule has 1 aromatic rings. The van der Waals surface area contributed by atoms with E-state index in [0.29, 0.717) is 62.8 Å². The molecule has 0 radical (unpaired) electrons. The zero-order valence-corrected chi connectivity index (χ0v) is 15.8. The standard InChI is InChI=1S/C18H27N3O3S/c1-14(2)13-17(23)21-10-8-20(9-11-21)16(22)6-3-7-19-18(24)15-5-4-12-25-15/h4-5,12,14H,3,6-11,13H2,1-2H3,(H,19,24). The van der Waals surface area contributed by atoms with Crippen molar-refractivity contribution in [3.8, 4) is 0 Å². The third-order valence-corrected chi connectivity index (χ3v) is 5.03. The molecule has 2 heterocycles. The van der Waals surface area contributed by atoms with Crippen molar-refractivity contribution in [1.82, 2.24) is 15.1 Å². The first-order valence-electron chi connectivity index (χ1n) is 8.84. The molecule has 1 aromatic heterocycles. The van der Waals surface area contributed by atoms with Gasteiger partial charge in [0, 0.05) is 45.6 Å². The van der Waals surface area contributed by atoms with Gasteiger partial charge in [0.2, 0.25) is 11.8 Å². The van der Waals surface area contributed by atoms with Crippen LogP contribution in [0.1, 0.15) is 42.8 Å². The van der Waals surface area contributed by atoms with E-state index in [9.17, 15) is 14.4 Å². The maximum Gasteiger partial charge on any atom is 0.261 e. The van der Waals surface area contributed by atoms with E-state index in [1.54, 1.807) is 6.07 Å². The lowest BCUT2D eigenvalue weighted by Gasteiger charge is -2.35. The summed E-state index contributed by atoms with van der Waals surface area (Å²) in [6, 6.07) is 3.62. The summed E-state index contributed by atoms with van der Waals surface area (Å²) in [6.45, 7) is 7.01. The maximum absolute atomic E-state index is 12.2. The molecule has 0 bridgehead atoms. The molecule has 1 aliphatic heterocycles. The van der Waals surface area contributed by atoms with Crippen LogP contribution in [0.25, 0.3) is 0 Å². The summed E-state index contributed by atoms with van der Waals surface area (Å²) >= 11 is 1.40. The molecule has 138 valence electrons. The lowest BCUT2D eigenvalue weighted by atomic mass is 10.1. The summed E-state index contributed by atoms with van der Waals surface area (Å²) in [6.07, 6.45) is 1.62. The smallest absolute Gasteiger partial charge is 0.261 e. The van der Waals surface area contributed by atoms with Crippen molar-refractivity contribution in [2.75, 3.05) is 32.7 Å². The maximum atomic E-state index is 12.2. The van der Waals surface area contributed by atoms with E-state index in [1.807, 2.05) is 35.1 Å². The van der Waals surface area contributed by atoms with Gasteiger partial charge in [-0.05, 0) is 23.8 Å². The van der Waals surface area contributed by atoms with Crippen LogP contribution in [0.4, 0.5) is 0 Å². The molecule has 7 heteroatoms. The number of amides is 3. The quantitative estimate of drug-likeness (QED) is 0.751. The highest BCUT2D eigenvalue weighted by atomic mass is 32.1. The number of hydrogen-bond donors (Lipinski definition) is 1. The van der Waals surface area contributed by atoms with Crippen molar-refractivity contribution in [3.05, 3.63) is 22.4 Å². The Bertz CT molecular complexity index is 578. The number of nitrogens with zero attached hydrogens (tertiary/aromatic N) is 2. The molecular weight excluding hydrogens is 338 g/mol. The molecule has 1 N–H and O–H groups in total. The van der Waals surface area contributed by atoms with Crippen LogP contribution >= 0.6 is 11.3 Å². The molecule has 1 fully saturated rings. The van der Waals surface area contributed by atoms with Crippen molar-refractivity contribution in [2.45, 2.75) is 33.1 Å². The van der Waals surface area contributed by atoms with E-state index < -0.39 is 0 Å². The summed E-state index contributed by atoms with van der Waals surface area (Å²) in [4.78, 5) is 40.4. The van der Waals surface area contributed by atoms with Crippen molar-refractivity contribution >= 4 is 29.1 Å². The van der Waals surface area contributed by atoms with Gasteiger partial charge < -0.3 is 15.1 Å². The van der Waals surface area contributed by atoms with E-state index in [2.05, 4.69) is 5.32 Å². The molecule has 0 aliphatic carbocycles. The Balaban J connectivity index is 1.62. The minimum absolute atomic E-state index is 0.0836. The van der Waals surface area contributed by atoms with Gasteiger partial charge in [-0.3, -0.25) is 14.4 Å². The number of rotatable bonds is 7. The second kappa shape index (κ2) is 9.56. The topological polar surface area (TPSA) is 69.7 Å². The predicted molar refractivity (Wildman–Crippen MR) is 98.5 cm³/mol. The lowest BCUT2D eigenvalue weighted by molar-refractivity contribution is -0.140. The molecule has 0 aromatic carbocycles. The fourth-order valence-electron chi connectivity index (χ4n) is 2.78. The van der Waals surface area contributed by atoms with Crippen LogP contribution in [0.3, 0.4) is 0 Å². The first kappa shape index (κ1) is 19.4. The fourth-order valence-corrected chi connectivity index (χ4v) is 3.42. The highest BCUT2D eigenvalue weighted by Gasteiger charge is 2.24. The minimum atomic E-state index is -0.0836. The van der Waals surface area contributed by atoms with Gasteiger partial charge in [0.15, 0.2) is 0 Å². The van der Waals surface area contributed by atoms with Gasteiger partial charge in [0.05, 0.1) is 4.88 Å². The molecule has 1 aliphatic rings. The third-order valence-electron chi connectivity index (χ3n) is 4.17. The number of carbonyl (C=O) groups excluding carboxylic acids is 3. The second-order valence-corrected chi connectivity index (χ2v) is 7.64. The third kappa shape index (κ3) is 6.16. The molecule has 25 heavy (non-hydrogen) atoms. The van der Waals surface area contributed by atoms with Gasteiger partial charge >= 0.3 is 0 Å². The van der Waals surface area contributed by atoms with Crippen molar-refractivity contribution < 1.29 is 14.4 Å². The molecule has 0 unspecified atom stereocenters.